The highest BCUT2D eigenvalue weighted by Gasteiger charge is 2.31. The first-order valence-corrected chi connectivity index (χ1v) is 9.92. The monoisotopic (exact) mass is 353 g/mol. The zero-order chi connectivity index (χ0) is 17.7. The first kappa shape index (κ1) is 18.8. The Labute approximate surface area is 149 Å². The van der Waals surface area contributed by atoms with Gasteiger partial charge in [0.05, 0.1) is 5.56 Å². The maximum Gasteiger partial charge on any atom is 0.416 e. The fraction of sp³-hybridized carbons (Fsp3) is 0.714. The normalized spacial score (nSPS) is 22.0. The molecule has 1 aromatic rings. The lowest BCUT2D eigenvalue weighted by Gasteiger charge is -2.33. The molecule has 0 amide bonds. The summed E-state index contributed by atoms with van der Waals surface area (Å²) < 4.78 is 38.7. The Morgan fingerprint density at radius 2 is 1.60 bits per heavy atom. The van der Waals surface area contributed by atoms with Crippen molar-refractivity contribution in [3.05, 3.63) is 35.4 Å². The molecule has 2 fully saturated rings. The van der Waals surface area contributed by atoms with Gasteiger partial charge >= 0.3 is 6.18 Å². The van der Waals surface area contributed by atoms with Crippen molar-refractivity contribution in [1.29, 1.82) is 0 Å². The third kappa shape index (κ3) is 5.47. The second-order valence-electron chi connectivity index (χ2n) is 7.89. The molecular weight excluding hydrogens is 323 g/mol. The van der Waals surface area contributed by atoms with Crippen LogP contribution in [0.3, 0.4) is 0 Å². The molecule has 2 aliphatic rings. The van der Waals surface area contributed by atoms with E-state index in [1.54, 1.807) is 6.07 Å². The summed E-state index contributed by atoms with van der Waals surface area (Å²) in [6.45, 7) is 3.21. The van der Waals surface area contributed by atoms with Crippen LogP contribution in [0.1, 0.15) is 74.8 Å². The number of piperidine rings is 1. The van der Waals surface area contributed by atoms with E-state index >= 15 is 0 Å². The van der Waals surface area contributed by atoms with Gasteiger partial charge < -0.3 is 4.90 Å². The second-order valence-corrected chi connectivity index (χ2v) is 7.89. The van der Waals surface area contributed by atoms with E-state index in [-0.39, 0.29) is 5.92 Å². The number of benzene rings is 1. The zero-order valence-electron chi connectivity index (χ0n) is 15.0. The summed E-state index contributed by atoms with van der Waals surface area (Å²) in [6.07, 6.45) is 7.38. The van der Waals surface area contributed by atoms with Gasteiger partial charge in [0, 0.05) is 0 Å². The number of likely N-dealkylation sites (tertiary alicyclic amines) is 1. The maximum absolute atomic E-state index is 12.9. The molecule has 140 valence electrons. The minimum atomic E-state index is -4.24. The Balaban J connectivity index is 1.47. The smallest absolute Gasteiger partial charge is 0.303 e. The van der Waals surface area contributed by atoms with E-state index in [2.05, 4.69) is 4.90 Å². The molecule has 1 aliphatic heterocycles. The van der Waals surface area contributed by atoms with Gasteiger partial charge in [-0.05, 0) is 62.4 Å². The van der Waals surface area contributed by atoms with E-state index in [1.807, 2.05) is 6.07 Å². The molecule has 25 heavy (non-hydrogen) atoms. The quantitative estimate of drug-likeness (QED) is 0.579. The van der Waals surface area contributed by atoms with Crippen molar-refractivity contribution < 1.29 is 13.2 Å². The maximum atomic E-state index is 12.9. The minimum absolute atomic E-state index is 0.274. The fourth-order valence-electron chi connectivity index (χ4n) is 4.48. The first-order valence-electron chi connectivity index (χ1n) is 9.92. The average molecular weight is 353 g/mol. The lowest BCUT2D eigenvalue weighted by atomic mass is 9.88. The van der Waals surface area contributed by atoms with Gasteiger partial charge in [-0.15, -0.1) is 0 Å². The molecular formula is C21H30F3N. The number of hydrogen-bond donors (Lipinski definition) is 0. The van der Waals surface area contributed by atoms with Crippen molar-refractivity contribution >= 4 is 0 Å². The average Bonchev–Trinajstić information content (AvgIpc) is 2.89. The van der Waals surface area contributed by atoms with E-state index in [0.717, 1.165) is 37.4 Å². The summed E-state index contributed by atoms with van der Waals surface area (Å²) in [7, 11) is 0. The van der Waals surface area contributed by atoms with Gasteiger partial charge in [-0.25, -0.2) is 0 Å². The number of alkyl halides is 3. The van der Waals surface area contributed by atoms with Gasteiger partial charge in [-0.3, -0.25) is 0 Å². The summed E-state index contributed by atoms with van der Waals surface area (Å²) in [6, 6.07) is 5.94. The van der Waals surface area contributed by atoms with Crippen LogP contribution < -0.4 is 0 Å². The Morgan fingerprint density at radius 1 is 0.920 bits per heavy atom. The number of halogens is 3. The molecule has 1 saturated carbocycles. The number of rotatable bonds is 4. The molecule has 1 aromatic carbocycles. The van der Waals surface area contributed by atoms with E-state index in [9.17, 15) is 13.2 Å². The molecule has 1 nitrogen and oxygen atoms in total. The summed E-state index contributed by atoms with van der Waals surface area (Å²) >= 11 is 0. The molecule has 0 aromatic heterocycles. The van der Waals surface area contributed by atoms with Gasteiger partial charge in [0.15, 0.2) is 0 Å². The van der Waals surface area contributed by atoms with Crippen LogP contribution in [0.25, 0.3) is 0 Å². The molecule has 0 atom stereocenters. The van der Waals surface area contributed by atoms with E-state index in [0.29, 0.717) is 0 Å². The van der Waals surface area contributed by atoms with Crippen LogP contribution in [-0.2, 0) is 6.18 Å². The van der Waals surface area contributed by atoms with Gasteiger partial charge in [-0.2, -0.15) is 13.2 Å². The molecule has 0 spiro atoms. The summed E-state index contributed by atoms with van der Waals surface area (Å²) in [5, 5.41) is 0. The van der Waals surface area contributed by atoms with Crippen LogP contribution >= 0.6 is 0 Å². The third-order valence-electron chi connectivity index (χ3n) is 6.10. The standard InChI is InChI=1S/C21H30F3N/c22-21(23,24)20-9-5-8-19(16-20)18-11-14-25(15-12-18)13-10-17-6-3-1-2-4-7-17/h5,8-9,16-18H,1-4,6-7,10-15H2. The molecule has 0 bridgehead atoms. The molecule has 1 aliphatic carbocycles. The predicted molar refractivity (Wildman–Crippen MR) is 95.7 cm³/mol. The van der Waals surface area contributed by atoms with Crippen molar-refractivity contribution in [2.75, 3.05) is 19.6 Å². The van der Waals surface area contributed by atoms with Gasteiger partial charge in [0.25, 0.3) is 0 Å². The van der Waals surface area contributed by atoms with Gasteiger partial charge in [-0.1, -0.05) is 56.7 Å². The number of nitrogens with zero attached hydrogens (tertiary/aromatic N) is 1. The summed E-state index contributed by atoms with van der Waals surface area (Å²) in [5.74, 6) is 1.17. The lowest BCUT2D eigenvalue weighted by Crippen LogP contribution is -2.34. The van der Waals surface area contributed by atoms with Crippen LogP contribution in [0.2, 0.25) is 0 Å². The topological polar surface area (TPSA) is 3.24 Å². The largest absolute Gasteiger partial charge is 0.416 e. The molecule has 0 radical (unpaired) electrons. The first-order chi connectivity index (χ1) is 12.0. The molecule has 1 saturated heterocycles. The molecule has 0 N–H and O–H groups in total. The Bertz CT molecular complexity index is 524. The highest BCUT2D eigenvalue weighted by molar-refractivity contribution is 5.28. The Kier molecular flexibility index (Phi) is 6.43. The van der Waals surface area contributed by atoms with Crippen LogP contribution in [0.5, 0.6) is 0 Å². The lowest BCUT2D eigenvalue weighted by molar-refractivity contribution is -0.137. The third-order valence-corrected chi connectivity index (χ3v) is 6.10. The molecule has 1 heterocycles. The minimum Gasteiger partial charge on any atom is -0.303 e. The van der Waals surface area contributed by atoms with Crippen molar-refractivity contribution in [3.8, 4) is 0 Å². The van der Waals surface area contributed by atoms with Crippen molar-refractivity contribution in [2.45, 2.75) is 69.9 Å². The Morgan fingerprint density at radius 3 is 2.24 bits per heavy atom. The van der Waals surface area contributed by atoms with Crippen LogP contribution in [-0.4, -0.2) is 24.5 Å². The van der Waals surface area contributed by atoms with Gasteiger partial charge in [0.2, 0.25) is 0 Å². The van der Waals surface area contributed by atoms with Crippen LogP contribution in [0.15, 0.2) is 24.3 Å². The van der Waals surface area contributed by atoms with Crippen LogP contribution in [0.4, 0.5) is 13.2 Å². The van der Waals surface area contributed by atoms with Crippen molar-refractivity contribution in [3.63, 3.8) is 0 Å². The fourth-order valence-corrected chi connectivity index (χ4v) is 4.48. The summed E-state index contributed by atoms with van der Waals surface area (Å²) in [5.41, 5.74) is 0.346. The molecule has 0 unspecified atom stereocenters. The highest BCUT2D eigenvalue weighted by Crippen LogP contribution is 2.34. The predicted octanol–water partition coefficient (Wildman–Crippen LogP) is 6.25. The molecule has 4 heteroatoms. The van der Waals surface area contributed by atoms with E-state index < -0.39 is 11.7 Å². The summed E-state index contributed by atoms with van der Waals surface area (Å²) in [4.78, 5) is 2.52. The van der Waals surface area contributed by atoms with Crippen molar-refractivity contribution in [2.24, 2.45) is 5.92 Å². The SMILES string of the molecule is FC(F)(F)c1cccc(C2CCN(CCC3CCCCCC3)CC2)c1. The Hall–Kier alpha value is -1.03. The van der Waals surface area contributed by atoms with Crippen molar-refractivity contribution in [1.82, 2.24) is 4.90 Å². The second kappa shape index (κ2) is 8.57. The van der Waals surface area contributed by atoms with Crippen LogP contribution in [0, 0.1) is 5.92 Å². The van der Waals surface area contributed by atoms with Gasteiger partial charge in [0.1, 0.15) is 0 Å². The number of hydrogen-bond acceptors (Lipinski definition) is 1. The van der Waals surface area contributed by atoms with E-state index in [1.165, 1.54) is 63.6 Å². The molecule has 3 rings (SSSR count). The van der Waals surface area contributed by atoms with E-state index in [4.69, 9.17) is 0 Å². The highest BCUT2D eigenvalue weighted by atomic mass is 19.4. The zero-order valence-corrected chi connectivity index (χ0v) is 15.0.